The first-order chi connectivity index (χ1) is 13.4. The lowest BCUT2D eigenvalue weighted by atomic mass is 10.0. The Kier molecular flexibility index (Phi) is 6.25. The molecule has 0 radical (unpaired) electrons. The Balaban J connectivity index is 1.60. The van der Waals surface area contributed by atoms with Gasteiger partial charge in [0.2, 0.25) is 5.91 Å². The van der Waals surface area contributed by atoms with Gasteiger partial charge >= 0.3 is 0 Å². The summed E-state index contributed by atoms with van der Waals surface area (Å²) >= 11 is 0. The van der Waals surface area contributed by atoms with Gasteiger partial charge in [-0.05, 0) is 51.0 Å². The number of hydrogen-bond acceptors (Lipinski definition) is 4. The molecule has 0 aliphatic carbocycles. The zero-order chi connectivity index (χ0) is 20.3. The summed E-state index contributed by atoms with van der Waals surface area (Å²) in [5, 5.41) is 3.15. The molecular formula is C23H31N3O2. The first-order valence-corrected chi connectivity index (χ1v) is 9.91. The van der Waals surface area contributed by atoms with Gasteiger partial charge in [-0.25, -0.2) is 0 Å². The zero-order valence-corrected chi connectivity index (χ0v) is 17.6. The van der Waals surface area contributed by atoms with E-state index in [2.05, 4.69) is 46.3 Å². The number of carbonyl (C=O) groups is 1. The third-order valence-corrected chi connectivity index (χ3v) is 5.59. The second-order valence-electron chi connectivity index (χ2n) is 7.66. The molecule has 1 aliphatic rings. The fraction of sp³-hybridized carbons (Fsp3) is 0.435. The highest BCUT2D eigenvalue weighted by molar-refractivity contribution is 5.96. The number of nitrogens with zero attached hydrogens (tertiary/aromatic N) is 2. The summed E-state index contributed by atoms with van der Waals surface area (Å²) in [6, 6.07) is 12.2. The van der Waals surface area contributed by atoms with Crippen LogP contribution in [-0.4, -0.2) is 50.1 Å². The highest BCUT2D eigenvalue weighted by Crippen LogP contribution is 2.24. The minimum absolute atomic E-state index is 0.0601. The number of anilines is 2. The number of piperazine rings is 1. The Labute approximate surface area is 168 Å². The molecule has 0 aromatic heterocycles. The van der Waals surface area contributed by atoms with Gasteiger partial charge in [-0.15, -0.1) is 0 Å². The van der Waals surface area contributed by atoms with Gasteiger partial charge in [0.1, 0.15) is 5.75 Å². The molecule has 5 heteroatoms. The molecule has 1 fully saturated rings. The number of benzene rings is 2. The van der Waals surface area contributed by atoms with E-state index in [0.717, 1.165) is 48.7 Å². The number of nitrogens with one attached hydrogen (secondary N) is 1. The highest BCUT2D eigenvalue weighted by Gasteiger charge is 2.26. The Morgan fingerprint density at radius 2 is 1.68 bits per heavy atom. The van der Waals surface area contributed by atoms with Crippen LogP contribution >= 0.6 is 0 Å². The zero-order valence-electron chi connectivity index (χ0n) is 17.6. The molecule has 28 heavy (non-hydrogen) atoms. The van der Waals surface area contributed by atoms with E-state index in [9.17, 15) is 4.79 Å². The maximum absolute atomic E-state index is 12.9. The quantitative estimate of drug-likeness (QED) is 0.856. The van der Waals surface area contributed by atoms with Crippen molar-refractivity contribution in [2.75, 3.05) is 43.5 Å². The normalized spacial score (nSPS) is 16.0. The van der Waals surface area contributed by atoms with Gasteiger partial charge in [-0.2, -0.15) is 0 Å². The molecule has 1 aliphatic heterocycles. The fourth-order valence-electron chi connectivity index (χ4n) is 3.95. The molecule has 1 heterocycles. The SMILES string of the molecule is COc1cccc(N2CCN([C@H](C)C(=O)Nc3c(C)cc(C)cc3C)CC2)c1. The molecule has 1 atom stereocenters. The Morgan fingerprint density at radius 3 is 2.29 bits per heavy atom. The van der Waals surface area contributed by atoms with Crippen LogP contribution in [0.4, 0.5) is 11.4 Å². The number of ether oxygens (including phenoxy) is 1. The summed E-state index contributed by atoms with van der Waals surface area (Å²) in [6.45, 7) is 11.7. The topological polar surface area (TPSA) is 44.8 Å². The lowest BCUT2D eigenvalue weighted by Gasteiger charge is -2.38. The molecule has 2 aromatic rings. The fourth-order valence-corrected chi connectivity index (χ4v) is 3.95. The van der Waals surface area contributed by atoms with E-state index in [1.54, 1.807) is 7.11 Å². The van der Waals surface area contributed by atoms with Crippen LogP contribution in [0.2, 0.25) is 0 Å². The van der Waals surface area contributed by atoms with Crippen molar-refractivity contribution in [3.63, 3.8) is 0 Å². The van der Waals surface area contributed by atoms with E-state index in [1.165, 1.54) is 11.3 Å². The van der Waals surface area contributed by atoms with Crippen molar-refractivity contribution in [1.82, 2.24) is 4.90 Å². The summed E-state index contributed by atoms with van der Waals surface area (Å²) < 4.78 is 5.33. The van der Waals surface area contributed by atoms with Gasteiger partial charge in [0.25, 0.3) is 0 Å². The molecule has 0 bridgehead atoms. The van der Waals surface area contributed by atoms with E-state index >= 15 is 0 Å². The monoisotopic (exact) mass is 381 g/mol. The van der Waals surface area contributed by atoms with Crippen LogP contribution in [0.15, 0.2) is 36.4 Å². The lowest BCUT2D eigenvalue weighted by Crippen LogP contribution is -2.52. The van der Waals surface area contributed by atoms with Crippen molar-refractivity contribution in [3.05, 3.63) is 53.1 Å². The van der Waals surface area contributed by atoms with Gasteiger partial charge in [-0.1, -0.05) is 23.8 Å². The maximum atomic E-state index is 12.9. The first-order valence-electron chi connectivity index (χ1n) is 9.91. The molecule has 1 saturated heterocycles. The maximum Gasteiger partial charge on any atom is 0.241 e. The molecule has 1 N–H and O–H groups in total. The summed E-state index contributed by atoms with van der Waals surface area (Å²) in [7, 11) is 1.69. The van der Waals surface area contributed by atoms with Crippen LogP contribution in [-0.2, 0) is 4.79 Å². The number of methoxy groups -OCH3 is 1. The van der Waals surface area contributed by atoms with Crippen molar-refractivity contribution >= 4 is 17.3 Å². The van der Waals surface area contributed by atoms with E-state index in [4.69, 9.17) is 4.74 Å². The van der Waals surface area contributed by atoms with Crippen LogP contribution in [0.1, 0.15) is 23.6 Å². The van der Waals surface area contributed by atoms with Gasteiger partial charge < -0.3 is 15.0 Å². The molecule has 2 aromatic carbocycles. The van der Waals surface area contributed by atoms with Gasteiger partial charge in [-0.3, -0.25) is 9.69 Å². The number of aryl methyl sites for hydroxylation is 3. The van der Waals surface area contributed by atoms with Crippen LogP contribution in [0.25, 0.3) is 0 Å². The summed E-state index contributed by atoms with van der Waals surface area (Å²) in [5.41, 5.74) is 5.55. The molecule has 1 amide bonds. The standard InChI is InChI=1S/C23H31N3O2/c1-16-13-17(2)22(18(3)14-16)24-23(27)19(4)25-9-11-26(12-10-25)20-7-6-8-21(15-20)28-5/h6-8,13-15,19H,9-12H2,1-5H3,(H,24,27)/t19-/m1/s1. The third-order valence-electron chi connectivity index (χ3n) is 5.59. The average molecular weight is 382 g/mol. The predicted molar refractivity (Wildman–Crippen MR) is 116 cm³/mol. The number of rotatable bonds is 5. The van der Waals surface area contributed by atoms with Crippen molar-refractivity contribution in [2.45, 2.75) is 33.7 Å². The van der Waals surface area contributed by atoms with Crippen LogP contribution < -0.4 is 15.0 Å². The van der Waals surface area contributed by atoms with E-state index in [-0.39, 0.29) is 11.9 Å². The van der Waals surface area contributed by atoms with Crippen LogP contribution in [0, 0.1) is 20.8 Å². The van der Waals surface area contributed by atoms with Crippen molar-refractivity contribution in [3.8, 4) is 5.75 Å². The van der Waals surface area contributed by atoms with E-state index in [1.807, 2.05) is 32.9 Å². The largest absolute Gasteiger partial charge is 0.497 e. The lowest BCUT2D eigenvalue weighted by molar-refractivity contribution is -0.120. The van der Waals surface area contributed by atoms with Crippen molar-refractivity contribution in [1.29, 1.82) is 0 Å². The average Bonchev–Trinajstić information content (AvgIpc) is 2.70. The van der Waals surface area contributed by atoms with Crippen molar-refractivity contribution < 1.29 is 9.53 Å². The second kappa shape index (κ2) is 8.65. The molecule has 0 spiro atoms. The van der Waals surface area contributed by atoms with Gasteiger partial charge in [0.15, 0.2) is 0 Å². The summed E-state index contributed by atoms with van der Waals surface area (Å²) in [5.74, 6) is 0.932. The molecular weight excluding hydrogens is 350 g/mol. The molecule has 0 saturated carbocycles. The van der Waals surface area contributed by atoms with Gasteiger partial charge in [0, 0.05) is 43.6 Å². The van der Waals surface area contributed by atoms with Crippen molar-refractivity contribution in [2.24, 2.45) is 0 Å². The molecule has 0 unspecified atom stereocenters. The van der Waals surface area contributed by atoms with Gasteiger partial charge in [0.05, 0.1) is 13.2 Å². The summed E-state index contributed by atoms with van der Waals surface area (Å²) in [6.07, 6.45) is 0. The Hall–Kier alpha value is -2.53. The van der Waals surface area contributed by atoms with Crippen LogP contribution in [0.5, 0.6) is 5.75 Å². The smallest absolute Gasteiger partial charge is 0.241 e. The van der Waals surface area contributed by atoms with Crippen LogP contribution in [0.3, 0.4) is 0 Å². The first kappa shape index (κ1) is 20.2. The minimum atomic E-state index is -0.160. The number of amides is 1. The number of carbonyl (C=O) groups excluding carboxylic acids is 1. The molecule has 3 rings (SSSR count). The Morgan fingerprint density at radius 1 is 1.04 bits per heavy atom. The summed E-state index contributed by atoms with van der Waals surface area (Å²) in [4.78, 5) is 17.5. The highest BCUT2D eigenvalue weighted by atomic mass is 16.5. The number of hydrogen-bond donors (Lipinski definition) is 1. The molecule has 5 nitrogen and oxygen atoms in total. The Bertz CT molecular complexity index is 818. The van der Waals surface area contributed by atoms with E-state index in [0.29, 0.717) is 0 Å². The molecule has 150 valence electrons. The van der Waals surface area contributed by atoms with E-state index < -0.39 is 0 Å². The predicted octanol–water partition coefficient (Wildman–Crippen LogP) is 3.77. The minimum Gasteiger partial charge on any atom is -0.497 e. The second-order valence-corrected chi connectivity index (χ2v) is 7.66. The third kappa shape index (κ3) is 4.47.